The van der Waals surface area contributed by atoms with Crippen molar-refractivity contribution in [3.63, 3.8) is 0 Å². The van der Waals surface area contributed by atoms with Gasteiger partial charge in [-0.15, -0.1) is 0 Å². The van der Waals surface area contributed by atoms with E-state index in [4.69, 9.17) is 10.6 Å². The lowest BCUT2D eigenvalue weighted by Crippen LogP contribution is -2.55. The second-order valence-corrected chi connectivity index (χ2v) is 6.01. The summed E-state index contributed by atoms with van der Waals surface area (Å²) in [7, 11) is 0. The smallest absolute Gasteiger partial charge is 0.0846 e. The molecule has 1 aromatic rings. The van der Waals surface area contributed by atoms with Gasteiger partial charge in [0.25, 0.3) is 0 Å². The third-order valence-corrected chi connectivity index (χ3v) is 4.71. The van der Waals surface area contributed by atoms with Crippen molar-refractivity contribution in [1.82, 2.24) is 5.43 Å². The Kier molecular flexibility index (Phi) is 6.85. The molecule has 0 saturated carbocycles. The molecule has 0 amide bonds. The lowest BCUT2D eigenvalue weighted by Gasteiger charge is -2.39. The molecule has 0 aliphatic heterocycles. The van der Waals surface area contributed by atoms with Crippen molar-refractivity contribution in [2.45, 2.75) is 72.4 Å². The maximum absolute atomic E-state index is 6.11. The van der Waals surface area contributed by atoms with Crippen LogP contribution >= 0.6 is 0 Å². The molecule has 0 heterocycles. The first kappa shape index (κ1) is 18.1. The first-order chi connectivity index (χ1) is 9.93. The van der Waals surface area contributed by atoms with E-state index in [1.165, 1.54) is 22.3 Å². The van der Waals surface area contributed by atoms with E-state index in [-0.39, 0.29) is 11.6 Å². The average Bonchev–Trinajstić information content (AvgIpc) is 2.44. The molecule has 0 spiro atoms. The zero-order valence-electron chi connectivity index (χ0n) is 14.5. The predicted octanol–water partition coefficient (Wildman–Crippen LogP) is 3.58. The van der Waals surface area contributed by atoms with Crippen LogP contribution in [0.25, 0.3) is 0 Å². The molecule has 1 rings (SSSR count). The van der Waals surface area contributed by atoms with Crippen LogP contribution in [0.3, 0.4) is 0 Å². The zero-order chi connectivity index (χ0) is 16.0. The van der Waals surface area contributed by atoms with Crippen LogP contribution in [0.2, 0.25) is 0 Å². The van der Waals surface area contributed by atoms with Crippen molar-refractivity contribution in [2.75, 3.05) is 6.61 Å². The molecule has 1 unspecified atom stereocenters. The maximum Gasteiger partial charge on any atom is 0.0846 e. The molecule has 3 nitrogen and oxygen atoms in total. The van der Waals surface area contributed by atoms with Gasteiger partial charge in [-0.05, 0) is 63.6 Å². The van der Waals surface area contributed by atoms with Gasteiger partial charge in [0, 0.05) is 6.61 Å². The largest absolute Gasteiger partial charge is 0.374 e. The molecular formula is C18H32N2O. The Morgan fingerprint density at radius 1 is 1.10 bits per heavy atom. The molecule has 1 atom stereocenters. The van der Waals surface area contributed by atoms with Crippen LogP contribution < -0.4 is 11.3 Å². The van der Waals surface area contributed by atoms with E-state index in [0.717, 1.165) is 19.3 Å². The van der Waals surface area contributed by atoms with Gasteiger partial charge in [0.05, 0.1) is 11.6 Å². The molecule has 0 aromatic heterocycles. The average molecular weight is 292 g/mol. The van der Waals surface area contributed by atoms with Gasteiger partial charge in [-0.25, -0.2) is 0 Å². The fraction of sp³-hybridized carbons (Fsp3) is 0.667. The summed E-state index contributed by atoms with van der Waals surface area (Å²) < 4.78 is 6.11. The molecule has 0 aliphatic rings. The van der Waals surface area contributed by atoms with Crippen LogP contribution in [0.4, 0.5) is 0 Å². The van der Waals surface area contributed by atoms with Crippen LogP contribution in [-0.4, -0.2) is 18.2 Å². The molecule has 0 aliphatic carbocycles. The standard InChI is InChI=1S/C18H32N2O/c1-7-18(8-2,21-9-3)17(20-19)12-16-14(5)10-13(4)11-15(16)6/h10-11,17,20H,7-9,12,19H2,1-6H3. The van der Waals surface area contributed by atoms with Gasteiger partial charge in [0.15, 0.2) is 0 Å². The number of ether oxygens (including phenoxy) is 1. The first-order valence-corrected chi connectivity index (χ1v) is 8.10. The molecule has 21 heavy (non-hydrogen) atoms. The number of nitrogens with two attached hydrogens (primary N) is 1. The van der Waals surface area contributed by atoms with Gasteiger partial charge in [0.1, 0.15) is 0 Å². The third-order valence-electron chi connectivity index (χ3n) is 4.71. The molecule has 0 saturated heterocycles. The van der Waals surface area contributed by atoms with E-state index in [1.54, 1.807) is 0 Å². The molecule has 0 fully saturated rings. The van der Waals surface area contributed by atoms with Crippen molar-refractivity contribution in [3.05, 3.63) is 34.4 Å². The quantitative estimate of drug-likeness (QED) is 0.568. The van der Waals surface area contributed by atoms with Gasteiger partial charge in [-0.3, -0.25) is 11.3 Å². The minimum Gasteiger partial charge on any atom is -0.374 e. The first-order valence-electron chi connectivity index (χ1n) is 8.10. The highest BCUT2D eigenvalue weighted by Crippen LogP contribution is 2.29. The molecule has 120 valence electrons. The molecule has 3 heteroatoms. The second-order valence-electron chi connectivity index (χ2n) is 6.01. The zero-order valence-corrected chi connectivity index (χ0v) is 14.5. The fourth-order valence-corrected chi connectivity index (χ4v) is 3.47. The monoisotopic (exact) mass is 292 g/mol. The van der Waals surface area contributed by atoms with Crippen molar-refractivity contribution >= 4 is 0 Å². The number of benzene rings is 1. The van der Waals surface area contributed by atoms with Gasteiger partial charge in [0.2, 0.25) is 0 Å². The van der Waals surface area contributed by atoms with E-state index < -0.39 is 0 Å². The number of aryl methyl sites for hydroxylation is 3. The van der Waals surface area contributed by atoms with Crippen LogP contribution in [0, 0.1) is 20.8 Å². The van der Waals surface area contributed by atoms with Gasteiger partial charge in [-0.2, -0.15) is 0 Å². The summed E-state index contributed by atoms with van der Waals surface area (Å²) in [6.45, 7) is 13.6. The number of nitrogens with one attached hydrogen (secondary N) is 1. The number of hydrogen-bond acceptors (Lipinski definition) is 3. The van der Waals surface area contributed by atoms with Crippen molar-refractivity contribution in [3.8, 4) is 0 Å². The minimum absolute atomic E-state index is 0.118. The molecule has 0 bridgehead atoms. The van der Waals surface area contributed by atoms with Crippen molar-refractivity contribution < 1.29 is 4.74 Å². The Morgan fingerprint density at radius 3 is 2.00 bits per heavy atom. The normalized spacial score (nSPS) is 13.5. The van der Waals surface area contributed by atoms with Crippen molar-refractivity contribution in [1.29, 1.82) is 0 Å². The molecule has 1 aromatic carbocycles. The summed E-state index contributed by atoms with van der Waals surface area (Å²) in [5.74, 6) is 5.89. The van der Waals surface area contributed by atoms with E-state index in [2.05, 4.69) is 59.1 Å². The summed E-state index contributed by atoms with van der Waals surface area (Å²) in [5.41, 5.74) is 8.19. The van der Waals surface area contributed by atoms with Crippen molar-refractivity contribution in [2.24, 2.45) is 5.84 Å². The predicted molar refractivity (Wildman–Crippen MR) is 90.4 cm³/mol. The Morgan fingerprint density at radius 2 is 1.62 bits per heavy atom. The number of hydrogen-bond donors (Lipinski definition) is 2. The van der Waals surface area contributed by atoms with E-state index >= 15 is 0 Å². The van der Waals surface area contributed by atoms with Crippen LogP contribution in [0.1, 0.15) is 55.9 Å². The van der Waals surface area contributed by atoms with Crippen LogP contribution in [0.5, 0.6) is 0 Å². The van der Waals surface area contributed by atoms with Gasteiger partial charge >= 0.3 is 0 Å². The topological polar surface area (TPSA) is 47.3 Å². The Labute approximate surface area is 130 Å². The van der Waals surface area contributed by atoms with Gasteiger partial charge < -0.3 is 4.74 Å². The third kappa shape index (κ3) is 4.06. The molecule has 3 N–H and O–H groups in total. The molecule has 0 radical (unpaired) electrons. The van der Waals surface area contributed by atoms with E-state index in [9.17, 15) is 0 Å². The minimum atomic E-state index is -0.201. The lowest BCUT2D eigenvalue weighted by atomic mass is 9.82. The maximum atomic E-state index is 6.11. The Hall–Kier alpha value is -0.900. The Balaban J connectivity index is 3.12. The van der Waals surface area contributed by atoms with E-state index in [1.807, 2.05) is 0 Å². The summed E-state index contributed by atoms with van der Waals surface area (Å²) in [4.78, 5) is 0. The van der Waals surface area contributed by atoms with Gasteiger partial charge in [-0.1, -0.05) is 31.5 Å². The van der Waals surface area contributed by atoms with Crippen LogP contribution in [-0.2, 0) is 11.2 Å². The fourth-order valence-electron chi connectivity index (χ4n) is 3.47. The molecular weight excluding hydrogens is 260 g/mol. The Bertz CT molecular complexity index is 430. The highest BCUT2D eigenvalue weighted by molar-refractivity contribution is 5.38. The SMILES string of the molecule is CCOC(CC)(CC)C(Cc1c(C)cc(C)cc1C)NN. The number of hydrazine groups is 1. The lowest BCUT2D eigenvalue weighted by molar-refractivity contribution is -0.0720. The van der Waals surface area contributed by atoms with Crippen LogP contribution in [0.15, 0.2) is 12.1 Å². The summed E-state index contributed by atoms with van der Waals surface area (Å²) in [6.07, 6.45) is 2.81. The number of rotatable bonds is 8. The second kappa shape index (κ2) is 7.92. The van der Waals surface area contributed by atoms with E-state index in [0.29, 0.717) is 6.61 Å². The summed E-state index contributed by atoms with van der Waals surface area (Å²) >= 11 is 0. The summed E-state index contributed by atoms with van der Waals surface area (Å²) in [6, 6.07) is 4.61. The highest BCUT2D eigenvalue weighted by Gasteiger charge is 2.36. The highest BCUT2D eigenvalue weighted by atomic mass is 16.5. The summed E-state index contributed by atoms with van der Waals surface area (Å²) in [5, 5.41) is 0.